The van der Waals surface area contributed by atoms with Gasteiger partial charge in [-0.1, -0.05) is 49.4 Å². The van der Waals surface area contributed by atoms with Crippen molar-refractivity contribution in [2.75, 3.05) is 6.54 Å². The quantitative estimate of drug-likeness (QED) is 0.798. The van der Waals surface area contributed by atoms with Crippen LogP contribution in [0.25, 0.3) is 10.8 Å². The molecule has 0 aliphatic carbocycles. The summed E-state index contributed by atoms with van der Waals surface area (Å²) in [6, 6.07) is 13.6. The summed E-state index contributed by atoms with van der Waals surface area (Å²) in [7, 11) is -3.58. The monoisotopic (exact) mass is 373 g/mol. The van der Waals surface area contributed by atoms with E-state index in [1.807, 2.05) is 42.5 Å². The van der Waals surface area contributed by atoms with Gasteiger partial charge in [-0.15, -0.1) is 0 Å². The van der Waals surface area contributed by atoms with Crippen molar-refractivity contribution in [1.29, 1.82) is 0 Å². The molecule has 3 rings (SSSR count). The van der Waals surface area contributed by atoms with Gasteiger partial charge in [-0.2, -0.15) is 0 Å². The van der Waals surface area contributed by atoms with E-state index < -0.39 is 15.1 Å². The molecule has 1 heterocycles. The summed E-state index contributed by atoms with van der Waals surface area (Å²) in [5.41, 5.74) is 0.758. The summed E-state index contributed by atoms with van der Waals surface area (Å²) < 4.78 is 26.0. The number of piperidine rings is 1. The minimum atomic E-state index is -3.58. The molecule has 140 valence electrons. The first-order valence-electron chi connectivity index (χ1n) is 9.42. The Morgan fingerprint density at radius 3 is 2.65 bits per heavy atom. The third-order valence-electron chi connectivity index (χ3n) is 5.50. The normalized spacial score (nSPS) is 19.5. The van der Waals surface area contributed by atoms with Crippen LogP contribution in [0.5, 0.6) is 0 Å². The zero-order valence-electron chi connectivity index (χ0n) is 15.5. The number of fused-ring (bicyclic) bond motifs is 1. The summed E-state index contributed by atoms with van der Waals surface area (Å²) in [6.45, 7) is 4.28. The van der Waals surface area contributed by atoms with Crippen molar-refractivity contribution in [1.82, 2.24) is 4.90 Å². The van der Waals surface area contributed by atoms with E-state index in [0.717, 1.165) is 42.0 Å². The molecule has 0 N–H and O–H groups in total. The first-order chi connectivity index (χ1) is 12.4. The fourth-order valence-corrected chi connectivity index (χ4v) is 5.24. The van der Waals surface area contributed by atoms with Crippen LogP contribution >= 0.6 is 0 Å². The molecule has 1 saturated heterocycles. The summed E-state index contributed by atoms with van der Waals surface area (Å²) in [4.78, 5) is 14.7. The van der Waals surface area contributed by atoms with Crippen LogP contribution in [-0.2, 0) is 20.4 Å². The Hall–Kier alpha value is -1.88. The molecule has 2 atom stereocenters. The van der Waals surface area contributed by atoms with Gasteiger partial charge < -0.3 is 4.90 Å². The van der Waals surface area contributed by atoms with E-state index in [-0.39, 0.29) is 17.7 Å². The molecular formula is C21H27NO3S. The second-order valence-corrected chi connectivity index (χ2v) is 9.50. The predicted octanol–water partition coefficient (Wildman–Crippen LogP) is 3.93. The first-order valence-corrected chi connectivity index (χ1v) is 11.1. The largest absolute Gasteiger partial charge is 0.339 e. The van der Waals surface area contributed by atoms with Crippen molar-refractivity contribution in [2.24, 2.45) is 0 Å². The van der Waals surface area contributed by atoms with Crippen LogP contribution in [0.4, 0.5) is 0 Å². The molecule has 1 aliphatic rings. The van der Waals surface area contributed by atoms with E-state index in [0.29, 0.717) is 6.54 Å². The molecule has 0 radical (unpaired) electrons. The van der Waals surface area contributed by atoms with Crippen molar-refractivity contribution in [3.8, 4) is 0 Å². The molecule has 1 aliphatic heterocycles. The SMILES string of the molecule is CC[C@@H]1CCCCN1C(=O)[C@H](C)S(=O)(=O)Cc1cccc2ccccc12. The van der Waals surface area contributed by atoms with Gasteiger partial charge in [-0.05, 0) is 48.9 Å². The summed E-state index contributed by atoms with van der Waals surface area (Å²) in [6.07, 6.45) is 3.91. The average molecular weight is 374 g/mol. The van der Waals surface area contributed by atoms with Gasteiger partial charge in [0.25, 0.3) is 0 Å². The van der Waals surface area contributed by atoms with Crippen LogP contribution in [0, 0.1) is 0 Å². The maximum Gasteiger partial charge on any atom is 0.240 e. The maximum absolute atomic E-state index is 13.0. The van der Waals surface area contributed by atoms with Crippen LogP contribution in [0.2, 0.25) is 0 Å². The van der Waals surface area contributed by atoms with Crippen LogP contribution in [0.15, 0.2) is 42.5 Å². The number of rotatable bonds is 5. The zero-order valence-corrected chi connectivity index (χ0v) is 16.3. The molecule has 0 unspecified atom stereocenters. The number of hydrogen-bond acceptors (Lipinski definition) is 3. The van der Waals surface area contributed by atoms with E-state index in [9.17, 15) is 13.2 Å². The first kappa shape index (κ1) is 18.9. The number of likely N-dealkylation sites (tertiary alicyclic amines) is 1. The lowest BCUT2D eigenvalue weighted by atomic mass is 10.00. The Morgan fingerprint density at radius 1 is 1.15 bits per heavy atom. The van der Waals surface area contributed by atoms with Gasteiger partial charge in [0.15, 0.2) is 9.84 Å². The molecule has 0 saturated carbocycles. The Labute approximate surface area is 156 Å². The van der Waals surface area contributed by atoms with Gasteiger partial charge in [0.2, 0.25) is 5.91 Å². The average Bonchev–Trinajstić information content (AvgIpc) is 2.67. The lowest BCUT2D eigenvalue weighted by Crippen LogP contribution is -2.49. The van der Waals surface area contributed by atoms with Gasteiger partial charge in [0, 0.05) is 12.6 Å². The maximum atomic E-state index is 13.0. The molecule has 26 heavy (non-hydrogen) atoms. The van der Waals surface area contributed by atoms with Crippen LogP contribution in [0.1, 0.15) is 45.1 Å². The van der Waals surface area contributed by atoms with Crippen molar-refractivity contribution in [3.63, 3.8) is 0 Å². The Balaban J connectivity index is 1.83. The third kappa shape index (κ3) is 3.78. The second kappa shape index (κ2) is 7.78. The number of carbonyl (C=O) groups excluding carboxylic acids is 1. The number of amides is 1. The van der Waals surface area contributed by atoms with Crippen molar-refractivity contribution in [2.45, 2.75) is 56.6 Å². The Morgan fingerprint density at radius 2 is 1.88 bits per heavy atom. The second-order valence-electron chi connectivity index (χ2n) is 7.18. The van der Waals surface area contributed by atoms with Gasteiger partial charge >= 0.3 is 0 Å². The number of sulfone groups is 1. The van der Waals surface area contributed by atoms with Crippen molar-refractivity contribution in [3.05, 3.63) is 48.0 Å². The lowest BCUT2D eigenvalue weighted by Gasteiger charge is -2.36. The van der Waals surface area contributed by atoms with Crippen LogP contribution in [0.3, 0.4) is 0 Å². The molecular weight excluding hydrogens is 346 g/mol. The van der Waals surface area contributed by atoms with Crippen molar-refractivity contribution < 1.29 is 13.2 Å². The van der Waals surface area contributed by atoms with Gasteiger partial charge in [0.1, 0.15) is 5.25 Å². The predicted molar refractivity (Wildman–Crippen MR) is 106 cm³/mol. The molecule has 2 aromatic rings. The van der Waals surface area contributed by atoms with Gasteiger partial charge in [0.05, 0.1) is 5.75 Å². The Bertz CT molecular complexity index is 886. The molecule has 4 nitrogen and oxygen atoms in total. The summed E-state index contributed by atoms with van der Waals surface area (Å²) in [5.74, 6) is -0.344. The zero-order chi connectivity index (χ0) is 18.7. The molecule has 0 spiro atoms. The van der Waals surface area contributed by atoms with Gasteiger partial charge in [-0.25, -0.2) is 8.42 Å². The number of hydrogen-bond donors (Lipinski definition) is 0. The molecule has 5 heteroatoms. The van der Waals surface area contributed by atoms with E-state index in [4.69, 9.17) is 0 Å². The smallest absolute Gasteiger partial charge is 0.240 e. The van der Waals surface area contributed by atoms with E-state index in [1.165, 1.54) is 0 Å². The highest BCUT2D eigenvalue weighted by atomic mass is 32.2. The highest BCUT2D eigenvalue weighted by Crippen LogP contribution is 2.25. The number of carbonyl (C=O) groups is 1. The van der Waals surface area contributed by atoms with Crippen LogP contribution < -0.4 is 0 Å². The van der Waals surface area contributed by atoms with E-state index >= 15 is 0 Å². The third-order valence-corrected chi connectivity index (χ3v) is 7.50. The Kier molecular flexibility index (Phi) is 5.66. The highest BCUT2D eigenvalue weighted by Gasteiger charge is 2.35. The van der Waals surface area contributed by atoms with Gasteiger partial charge in [-0.3, -0.25) is 4.79 Å². The highest BCUT2D eigenvalue weighted by molar-refractivity contribution is 7.92. The van der Waals surface area contributed by atoms with Crippen LogP contribution in [-0.4, -0.2) is 37.1 Å². The fourth-order valence-electron chi connectivity index (χ4n) is 3.86. The minimum absolute atomic E-state index is 0.105. The molecule has 1 fully saturated rings. The number of nitrogens with zero attached hydrogens (tertiary/aromatic N) is 1. The molecule has 0 aromatic heterocycles. The fraction of sp³-hybridized carbons (Fsp3) is 0.476. The molecule has 2 aromatic carbocycles. The standard InChI is InChI=1S/C21H27NO3S/c1-3-19-12-6-7-14-22(19)21(23)16(2)26(24,25)15-18-11-8-10-17-9-4-5-13-20(17)18/h4-5,8-11,13,16,19H,3,6-7,12,14-15H2,1-2H3/t16-,19+/m0/s1. The summed E-state index contributed by atoms with van der Waals surface area (Å²) >= 11 is 0. The molecule has 0 bridgehead atoms. The lowest BCUT2D eigenvalue weighted by molar-refractivity contribution is -0.134. The minimum Gasteiger partial charge on any atom is -0.339 e. The van der Waals surface area contributed by atoms with Crippen molar-refractivity contribution >= 4 is 26.5 Å². The number of benzene rings is 2. The topological polar surface area (TPSA) is 54.5 Å². The molecule has 1 amide bonds. The van der Waals surface area contributed by atoms with E-state index in [2.05, 4.69) is 6.92 Å². The van der Waals surface area contributed by atoms with E-state index in [1.54, 1.807) is 11.8 Å². The summed E-state index contributed by atoms with van der Waals surface area (Å²) in [5, 5.41) is 0.942.